The fraction of sp³-hybridized carbons (Fsp3) is 0.474. The molecule has 1 aromatic heterocycles. The Morgan fingerprint density at radius 1 is 1.40 bits per heavy atom. The van der Waals surface area contributed by atoms with Crippen molar-refractivity contribution in [3.05, 3.63) is 53.1 Å². The van der Waals surface area contributed by atoms with Crippen molar-refractivity contribution >= 4 is 5.91 Å². The minimum absolute atomic E-state index is 0.111. The number of nitrogens with one attached hydrogen (secondary N) is 1. The van der Waals surface area contributed by atoms with Gasteiger partial charge in [0, 0.05) is 49.9 Å². The second-order valence-electron chi connectivity index (χ2n) is 6.66. The zero-order valence-corrected chi connectivity index (χ0v) is 14.8. The van der Waals surface area contributed by atoms with Crippen LogP contribution in [-0.4, -0.2) is 33.2 Å². The van der Waals surface area contributed by atoms with Gasteiger partial charge in [-0.3, -0.25) is 9.48 Å². The Hall–Kier alpha value is -2.21. The first-order valence-corrected chi connectivity index (χ1v) is 8.83. The SMILES string of the molecule is CCCn1ncc(CNC2CC(=O)N(Cc3cccc(F)c3)C2)c1C. The summed E-state index contributed by atoms with van der Waals surface area (Å²) in [5.41, 5.74) is 3.17. The maximum atomic E-state index is 13.3. The van der Waals surface area contributed by atoms with Gasteiger partial charge >= 0.3 is 0 Å². The molecule has 2 heterocycles. The van der Waals surface area contributed by atoms with E-state index in [0.717, 1.165) is 18.5 Å². The highest BCUT2D eigenvalue weighted by atomic mass is 19.1. The molecular weight excluding hydrogens is 319 g/mol. The summed E-state index contributed by atoms with van der Waals surface area (Å²) in [4.78, 5) is 14.0. The van der Waals surface area contributed by atoms with Crippen molar-refractivity contribution in [3.8, 4) is 0 Å². The fourth-order valence-electron chi connectivity index (χ4n) is 3.27. The van der Waals surface area contributed by atoms with Gasteiger partial charge in [0.15, 0.2) is 0 Å². The number of carbonyl (C=O) groups is 1. The molecule has 1 aliphatic rings. The van der Waals surface area contributed by atoms with Crippen LogP contribution in [0.15, 0.2) is 30.5 Å². The molecule has 1 N–H and O–H groups in total. The number of rotatable bonds is 7. The standard InChI is InChI=1S/C19H25FN4O/c1-3-7-24-14(2)16(11-22-24)10-21-18-9-19(25)23(13-18)12-15-5-4-6-17(20)8-15/h4-6,8,11,18,21H,3,7,9-10,12-13H2,1-2H3. The molecule has 25 heavy (non-hydrogen) atoms. The topological polar surface area (TPSA) is 50.2 Å². The molecule has 0 spiro atoms. The summed E-state index contributed by atoms with van der Waals surface area (Å²) in [6.45, 7) is 6.96. The van der Waals surface area contributed by atoms with Crippen LogP contribution in [-0.2, 0) is 24.4 Å². The Balaban J connectivity index is 1.54. The van der Waals surface area contributed by atoms with E-state index >= 15 is 0 Å². The summed E-state index contributed by atoms with van der Waals surface area (Å²) in [6, 6.07) is 6.55. The lowest BCUT2D eigenvalue weighted by molar-refractivity contribution is -0.128. The Morgan fingerprint density at radius 3 is 3.00 bits per heavy atom. The van der Waals surface area contributed by atoms with Crippen LogP contribution in [0.2, 0.25) is 0 Å². The molecule has 0 saturated carbocycles. The van der Waals surface area contributed by atoms with Crippen molar-refractivity contribution in [1.29, 1.82) is 0 Å². The summed E-state index contributed by atoms with van der Waals surface area (Å²) in [5, 5.41) is 7.87. The lowest BCUT2D eigenvalue weighted by atomic mass is 10.2. The lowest BCUT2D eigenvalue weighted by Gasteiger charge is -2.17. The first-order chi connectivity index (χ1) is 12.1. The van der Waals surface area contributed by atoms with Gasteiger partial charge in [0.25, 0.3) is 0 Å². The Labute approximate surface area is 147 Å². The summed E-state index contributed by atoms with van der Waals surface area (Å²) in [6.07, 6.45) is 3.44. The highest BCUT2D eigenvalue weighted by molar-refractivity contribution is 5.79. The maximum absolute atomic E-state index is 13.3. The van der Waals surface area contributed by atoms with Gasteiger partial charge in [-0.2, -0.15) is 5.10 Å². The fourth-order valence-corrected chi connectivity index (χ4v) is 3.27. The monoisotopic (exact) mass is 344 g/mol. The van der Waals surface area contributed by atoms with E-state index in [1.165, 1.54) is 23.4 Å². The maximum Gasteiger partial charge on any atom is 0.224 e. The van der Waals surface area contributed by atoms with E-state index in [0.29, 0.717) is 26.1 Å². The number of likely N-dealkylation sites (tertiary alicyclic amines) is 1. The highest BCUT2D eigenvalue weighted by Crippen LogP contribution is 2.17. The molecular formula is C19H25FN4O. The molecule has 1 aromatic carbocycles. The van der Waals surface area contributed by atoms with Crippen LogP contribution in [0, 0.1) is 12.7 Å². The third kappa shape index (κ3) is 4.25. The number of hydrogen-bond acceptors (Lipinski definition) is 3. The van der Waals surface area contributed by atoms with Gasteiger partial charge in [0.05, 0.1) is 6.20 Å². The largest absolute Gasteiger partial charge is 0.337 e. The molecule has 134 valence electrons. The molecule has 1 atom stereocenters. The summed E-state index contributed by atoms with van der Waals surface area (Å²) in [5.74, 6) is -0.154. The molecule has 1 saturated heterocycles. The first-order valence-electron chi connectivity index (χ1n) is 8.83. The highest BCUT2D eigenvalue weighted by Gasteiger charge is 2.29. The van der Waals surface area contributed by atoms with Crippen molar-refractivity contribution in [2.75, 3.05) is 6.54 Å². The van der Waals surface area contributed by atoms with Gasteiger partial charge < -0.3 is 10.2 Å². The first kappa shape index (κ1) is 17.6. The van der Waals surface area contributed by atoms with E-state index in [1.807, 2.05) is 16.9 Å². The van der Waals surface area contributed by atoms with Crippen LogP contribution in [0.3, 0.4) is 0 Å². The summed E-state index contributed by atoms with van der Waals surface area (Å²) < 4.78 is 15.3. The number of aryl methyl sites for hydroxylation is 1. The number of halogens is 1. The van der Waals surface area contributed by atoms with E-state index < -0.39 is 0 Å². The van der Waals surface area contributed by atoms with Crippen molar-refractivity contribution in [1.82, 2.24) is 20.0 Å². The minimum atomic E-state index is -0.265. The third-order valence-corrected chi connectivity index (χ3v) is 4.70. The smallest absolute Gasteiger partial charge is 0.224 e. The molecule has 1 amide bonds. The molecule has 6 heteroatoms. The molecule has 0 aliphatic carbocycles. The van der Waals surface area contributed by atoms with Crippen LogP contribution in [0.25, 0.3) is 0 Å². The van der Waals surface area contributed by atoms with Crippen molar-refractivity contribution in [2.45, 2.75) is 52.4 Å². The second-order valence-corrected chi connectivity index (χ2v) is 6.66. The van der Waals surface area contributed by atoms with Gasteiger partial charge in [-0.05, 0) is 31.0 Å². The van der Waals surface area contributed by atoms with E-state index in [9.17, 15) is 9.18 Å². The predicted octanol–water partition coefficient (Wildman–Crippen LogP) is 2.63. The number of hydrogen-bond donors (Lipinski definition) is 1. The van der Waals surface area contributed by atoms with Crippen molar-refractivity contribution in [2.24, 2.45) is 0 Å². The number of benzene rings is 1. The van der Waals surface area contributed by atoms with E-state index in [1.54, 1.807) is 11.0 Å². The van der Waals surface area contributed by atoms with E-state index in [4.69, 9.17) is 0 Å². The molecule has 3 rings (SSSR count). The number of nitrogens with zero attached hydrogens (tertiary/aromatic N) is 3. The van der Waals surface area contributed by atoms with Gasteiger partial charge in [0.2, 0.25) is 5.91 Å². The van der Waals surface area contributed by atoms with Crippen LogP contribution in [0.1, 0.15) is 36.6 Å². The number of carbonyl (C=O) groups excluding carboxylic acids is 1. The Kier molecular flexibility index (Phi) is 5.48. The Morgan fingerprint density at radius 2 is 2.24 bits per heavy atom. The van der Waals surface area contributed by atoms with Gasteiger partial charge in [0.1, 0.15) is 5.82 Å². The van der Waals surface area contributed by atoms with E-state index in [-0.39, 0.29) is 17.8 Å². The minimum Gasteiger partial charge on any atom is -0.337 e. The van der Waals surface area contributed by atoms with Crippen molar-refractivity contribution < 1.29 is 9.18 Å². The summed E-state index contributed by atoms with van der Waals surface area (Å²) >= 11 is 0. The average Bonchev–Trinajstić information content (AvgIpc) is 3.10. The Bertz CT molecular complexity index is 743. The lowest BCUT2D eigenvalue weighted by Crippen LogP contribution is -2.32. The summed E-state index contributed by atoms with van der Waals surface area (Å²) in [7, 11) is 0. The van der Waals surface area contributed by atoms with Crippen LogP contribution >= 0.6 is 0 Å². The third-order valence-electron chi connectivity index (χ3n) is 4.70. The molecule has 1 unspecified atom stereocenters. The van der Waals surface area contributed by atoms with Crippen LogP contribution in [0.5, 0.6) is 0 Å². The zero-order valence-electron chi connectivity index (χ0n) is 14.8. The molecule has 1 fully saturated rings. The van der Waals surface area contributed by atoms with Gasteiger partial charge in [-0.25, -0.2) is 4.39 Å². The molecule has 2 aromatic rings. The van der Waals surface area contributed by atoms with Crippen LogP contribution in [0.4, 0.5) is 4.39 Å². The predicted molar refractivity (Wildman–Crippen MR) is 94.3 cm³/mol. The van der Waals surface area contributed by atoms with Gasteiger partial charge in [-0.1, -0.05) is 19.1 Å². The van der Waals surface area contributed by atoms with Gasteiger partial charge in [-0.15, -0.1) is 0 Å². The van der Waals surface area contributed by atoms with Crippen LogP contribution < -0.4 is 5.32 Å². The molecule has 0 bridgehead atoms. The number of aromatic nitrogens is 2. The van der Waals surface area contributed by atoms with Crippen molar-refractivity contribution in [3.63, 3.8) is 0 Å². The molecule has 1 aliphatic heterocycles. The average molecular weight is 344 g/mol. The molecule has 5 nitrogen and oxygen atoms in total. The quantitative estimate of drug-likeness (QED) is 0.840. The second kappa shape index (κ2) is 7.78. The zero-order chi connectivity index (χ0) is 17.8. The molecule has 0 radical (unpaired) electrons. The number of amides is 1. The normalized spacial score (nSPS) is 17.5. The van der Waals surface area contributed by atoms with E-state index in [2.05, 4.69) is 24.3 Å².